The maximum atomic E-state index is 13.2. The van der Waals surface area contributed by atoms with Crippen LogP contribution in [0.2, 0.25) is 0 Å². The van der Waals surface area contributed by atoms with Crippen LogP contribution in [-0.2, 0) is 9.53 Å². The molecule has 0 saturated carbocycles. The van der Waals surface area contributed by atoms with E-state index in [1.807, 2.05) is 26.8 Å². The number of nitrogens with one attached hydrogen (secondary N) is 1. The molecule has 1 atom stereocenters. The molecule has 0 bridgehead atoms. The maximum absolute atomic E-state index is 13.2. The zero-order valence-corrected chi connectivity index (χ0v) is 22.6. The highest BCUT2D eigenvalue weighted by molar-refractivity contribution is 6.06. The summed E-state index contributed by atoms with van der Waals surface area (Å²) in [5, 5.41) is 2.93. The average molecular weight is 528 g/mol. The Labute approximate surface area is 223 Å². The lowest BCUT2D eigenvalue weighted by molar-refractivity contribution is -0.125. The van der Waals surface area contributed by atoms with Crippen LogP contribution in [0.5, 0.6) is 23.0 Å². The summed E-state index contributed by atoms with van der Waals surface area (Å²) in [4.78, 5) is 30.2. The summed E-state index contributed by atoms with van der Waals surface area (Å²) in [7, 11) is 0. The quantitative estimate of drug-likeness (QED) is 0.474. The summed E-state index contributed by atoms with van der Waals surface area (Å²) in [6.07, 6.45) is -0.619. The average Bonchev–Trinajstić information content (AvgIpc) is 2.91. The van der Waals surface area contributed by atoms with Gasteiger partial charge in [0.1, 0.15) is 5.75 Å². The van der Waals surface area contributed by atoms with Crippen LogP contribution in [0.4, 0.5) is 11.4 Å². The molecular weight excluding hydrogens is 490 g/mol. The van der Waals surface area contributed by atoms with E-state index in [4.69, 9.17) is 23.7 Å². The van der Waals surface area contributed by atoms with Gasteiger partial charge in [-0.15, -0.1) is 0 Å². The summed E-state index contributed by atoms with van der Waals surface area (Å²) in [5.74, 6) is 1.51. The number of hydrogen-bond donors (Lipinski definition) is 1. The number of benzene rings is 2. The number of rotatable bonds is 11. The molecule has 2 amide bonds. The minimum atomic E-state index is -0.619. The highest BCUT2D eigenvalue weighted by Gasteiger charge is 2.32. The molecule has 0 spiro atoms. The number of ether oxygens (including phenoxy) is 5. The molecule has 1 unspecified atom stereocenters. The Balaban J connectivity index is 1.53. The van der Waals surface area contributed by atoms with E-state index in [1.165, 1.54) is 0 Å². The molecule has 0 aliphatic carbocycles. The zero-order chi connectivity index (χ0) is 27.1. The van der Waals surface area contributed by atoms with E-state index in [9.17, 15) is 9.59 Å². The Morgan fingerprint density at radius 3 is 2.26 bits per heavy atom. The molecule has 1 N–H and O–H groups in total. The Hall–Kier alpha value is -3.50. The summed E-state index contributed by atoms with van der Waals surface area (Å²) in [6, 6.07) is 8.63. The standard InChI is InChI=1S/C28H37N3O7/c1-5-35-24-16-20(17-25(36-6-2)26(24)37-7-3)27(32)29-21-8-9-22-23(18-21)38-19(4)28(33)31(22)11-10-30-12-14-34-15-13-30/h8-9,16-19H,5-7,10-15H2,1-4H3,(H,29,32). The molecule has 2 aromatic rings. The number of amides is 2. The monoisotopic (exact) mass is 527 g/mol. The fourth-order valence-corrected chi connectivity index (χ4v) is 4.51. The predicted molar refractivity (Wildman–Crippen MR) is 144 cm³/mol. The lowest BCUT2D eigenvalue weighted by Crippen LogP contribution is -2.48. The fraction of sp³-hybridized carbons (Fsp3) is 0.500. The third-order valence-electron chi connectivity index (χ3n) is 6.34. The van der Waals surface area contributed by atoms with Crippen molar-refractivity contribution in [3.63, 3.8) is 0 Å². The largest absolute Gasteiger partial charge is 0.490 e. The molecule has 10 nitrogen and oxygen atoms in total. The molecule has 206 valence electrons. The molecule has 2 aromatic carbocycles. The Morgan fingerprint density at radius 1 is 0.974 bits per heavy atom. The topological polar surface area (TPSA) is 98.8 Å². The molecule has 38 heavy (non-hydrogen) atoms. The summed E-state index contributed by atoms with van der Waals surface area (Å²) < 4.78 is 28.5. The first kappa shape index (κ1) is 27.5. The van der Waals surface area contributed by atoms with Crippen LogP contribution >= 0.6 is 0 Å². The first-order valence-electron chi connectivity index (χ1n) is 13.2. The normalized spacial score (nSPS) is 17.4. The second-order valence-electron chi connectivity index (χ2n) is 8.94. The minimum Gasteiger partial charge on any atom is -0.490 e. The number of nitrogens with zero attached hydrogens (tertiary/aromatic N) is 2. The molecule has 0 aromatic heterocycles. The third kappa shape index (κ3) is 6.31. The molecule has 0 radical (unpaired) electrons. The Kier molecular flexibility index (Phi) is 9.30. The molecule has 4 rings (SSSR count). The van der Waals surface area contributed by atoms with Crippen molar-refractivity contribution in [3.8, 4) is 23.0 Å². The third-order valence-corrected chi connectivity index (χ3v) is 6.34. The number of fused-ring (bicyclic) bond motifs is 1. The molecule has 2 aliphatic rings. The van der Waals surface area contributed by atoms with Gasteiger partial charge in [0.2, 0.25) is 5.75 Å². The van der Waals surface area contributed by atoms with Gasteiger partial charge in [0.25, 0.3) is 11.8 Å². The van der Waals surface area contributed by atoms with Crippen LogP contribution < -0.4 is 29.2 Å². The van der Waals surface area contributed by atoms with Gasteiger partial charge in [-0.2, -0.15) is 0 Å². The Bertz CT molecular complexity index is 1110. The molecule has 2 aliphatic heterocycles. The van der Waals surface area contributed by atoms with E-state index in [0.29, 0.717) is 79.5 Å². The van der Waals surface area contributed by atoms with Crippen molar-refractivity contribution in [1.29, 1.82) is 0 Å². The lowest BCUT2D eigenvalue weighted by Gasteiger charge is -2.35. The number of anilines is 2. The van der Waals surface area contributed by atoms with Gasteiger partial charge in [-0.3, -0.25) is 14.5 Å². The molecule has 1 saturated heterocycles. The van der Waals surface area contributed by atoms with Gasteiger partial charge in [-0.1, -0.05) is 0 Å². The van der Waals surface area contributed by atoms with E-state index < -0.39 is 6.10 Å². The SMILES string of the molecule is CCOc1cc(C(=O)Nc2ccc3c(c2)OC(C)C(=O)N3CCN2CCOCC2)cc(OCC)c1OCC. The zero-order valence-electron chi connectivity index (χ0n) is 22.6. The van der Waals surface area contributed by atoms with E-state index in [-0.39, 0.29) is 11.8 Å². The van der Waals surface area contributed by atoms with E-state index in [2.05, 4.69) is 10.2 Å². The van der Waals surface area contributed by atoms with Crippen LogP contribution in [0.25, 0.3) is 0 Å². The van der Waals surface area contributed by atoms with Gasteiger partial charge in [0, 0.05) is 43.5 Å². The second-order valence-corrected chi connectivity index (χ2v) is 8.94. The van der Waals surface area contributed by atoms with Crippen LogP contribution in [0.3, 0.4) is 0 Å². The van der Waals surface area contributed by atoms with Crippen LogP contribution in [0.1, 0.15) is 38.1 Å². The maximum Gasteiger partial charge on any atom is 0.267 e. The van der Waals surface area contributed by atoms with Crippen molar-refractivity contribution in [2.24, 2.45) is 0 Å². The molecular formula is C28H37N3O7. The van der Waals surface area contributed by atoms with Crippen molar-refractivity contribution in [2.75, 3.05) is 69.4 Å². The highest BCUT2D eigenvalue weighted by atomic mass is 16.5. The van der Waals surface area contributed by atoms with Crippen LogP contribution in [0.15, 0.2) is 30.3 Å². The van der Waals surface area contributed by atoms with Gasteiger partial charge in [-0.05, 0) is 52.0 Å². The first-order chi connectivity index (χ1) is 18.4. The first-order valence-corrected chi connectivity index (χ1v) is 13.2. The van der Waals surface area contributed by atoms with Crippen molar-refractivity contribution >= 4 is 23.2 Å². The number of hydrogen-bond acceptors (Lipinski definition) is 8. The lowest BCUT2D eigenvalue weighted by atomic mass is 10.1. The van der Waals surface area contributed by atoms with Crippen LogP contribution in [0, 0.1) is 0 Å². The summed E-state index contributed by atoms with van der Waals surface area (Å²) in [5.41, 5.74) is 1.61. The van der Waals surface area contributed by atoms with Gasteiger partial charge in [0.05, 0.1) is 38.7 Å². The van der Waals surface area contributed by atoms with E-state index >= 15 is 0 Å². The smallest absolute Gasteiger partial charge is 0.267 e. The van der Waals surface area contributed by atoms with Gasteiger partial charge in [-0.25, -0.2) is 0 Å². The number of carbonyl (C=O) groups is 2. The van der Waals surface area contributed by atoms with Crippen LogP contribution in [-0.4, -0.2) is 82.0 Å². The van der Waals surface area contributed by atoms with Crippen molar-refractivity contribution in [2.45, 2.75) is 33.8 Å². The van der Waals surface area contributed by atoms with Crippen molar-refractivity contribution in [3.05, 3.63) is 35.9 Å². The summed E-state index contributed by atoms with van der Waals surface area (Å²) in [6.45, 7) is 13.0. The predicted octanol–water partition coefficient (Wildman–Crippen LogP) is 3.58. The van der Waals surface area contributed by atoms with Crippen molar-refractivity contribution < 1.29 is 33.3 Å². The Morgan fingerprint density at radius 2 is 1.63 bits per heavy atom. The number of morpholine rings is 1. The summed E-state index contributed by atoms with van der Waals surface area (Å²) >= 11 is 0. The highest BCUT2D eigenvalue weighted by Crippen LogP contribution is 2.40. The van der Waals surface area contributed by atoms with Gasteiger partial charge < -0.3 is 33.9 Å². The van der Waals surface area contributed by atoms with Gasteiger partial charge in [0.15, 0.2) is 17.6 Å². The van der Waals surface area contributed by atoms with E-state index in [0.717, 1.165) is 19.6 Å². The molecule has 10 heteroatoms. The molecule has 2 heterocycles. The van der Waals surface area contributed by atoms with Gasteiger partial charge >= 0.3 is 0 Å². The second kappa shape index (κ2) is 12.8. The fourth-order valence-electron chi connectivity index (χ4n) is 4.51. The minimum absolute atomic E-state index is 0.0798. The number of carbonyl (C=O) groups excluding carboxylic acids is 2. The molecule has 1 fully saturated rings. The van der Waals surface area contributed by atoms with E-state index in [1.54, 1.807) is 36.1 Å². The van der Waals surface area contributed by atoms with Crippen molar-refractivity contribution in [1.82, 2.24) is 4.90 Å².